The van der Waals surface area contributed by atoms with E-state index in [1.807, 2.05) is 0 Å². The number of nitro groups is 1. The predicted molar refractivity (Wildman–Crippen MR) is 99.6 cm³/mol. The van der Waals surface area contributed by atoms with Crippen LogP contribution in [0.5, 0.6) is 0 Å². The molecule has 11 heteroatoms. The first kappa shape index (κ1) is 19.5. The van der Waals surface area contributed by atoms with Gasteiger partial charge in [-0.15, -0.1) is 0 Å². The molecule has 0 saturated carbocycles. The fourth-order valence-electron chi connectivity index (χ4n) is 2.60. The van der Waals surface area contributed by atoms with E-state index in [4.69, 9.17) is 11.6 Å². The maximum absolute atomic E-state index is 13.8. The lowest BCUT2D eigenvalue weighted by molar-refractivity contribution is -0.385. The van der Waals surface area contributed by atoms with Gasteiger partial charge in [-0.1, -0.05) is 17.7 Å². The summed E-state index contributed by atoms with van der Waals surface area (Å²) in [6.45, 7) is 1.85. The SMILES string of the molecule is Cc1nn(CCC(=O)Nc2cnn(Cc3c(F)cccc3Cl)c2)cc1[N+](=O)[O-]. The largest absolute Gasteiger partial charge is 0.323 e. The maximum atomic E-state index is 13.8. The number of rotatable bonds is 7. The number of carbonyl (C=O) groups is 1. The van der Waals surface area contributed by atoms with Crippen molar-refractivity contribution in [2.75, 3.05) is 5.32 Å². The average molecular weight is 407 g/mol. The van der Waals surface area contributed by atoms with Crippen LogP contribution in [-0.2, 0) is 17.9 Å². The zero-order valence-corrected chi connectivity index (χ0v) is 15.6. The molecular formula is C17H16ClFN6O3. The molecule has 1 N–H and O–H groups in total. The number of hydrogen-bond donors (Lipinski definition) is 1. The predicted octanol–water partition coefficient (Wildman–Crippen LogP) is 3.17. The molecule has 0 fully saturated rings. The van der Waals surface area contributed by atoms with Crippen molar-refractivity contribution in [1.82, 2.24) is 19.6 Å². The Morgan fingerprint density at radius 2 is 2.14 bits per heavy atom. The van der Waals surface area contributed by atoms with Gasteiger partial charge in [0.1, 0.15) is 17.7 Å². The van der Waals surface area contributed by atoms with Crippen molar-refractivity contribution in [3.05, 3.63) is 69.0 Å². The summed E-state index contributed by atoms with van der Waals surface area (Å²) in [6, 6.07) is 4.42. The Morgan fingerprint density at radius 3 is 2.82 bits per heavy atom. The second-order valence-electron chi connectivity index (χ2n) is 6.04. The van der Waals surface area contributed by atoms with Crippen LogP contribution in [0.1, 0.15) is 17.7 Å². The number of nitrogens with one attached hydrogen (secondary N) is 1. The molecule has 0 aliphatic carbocycles. The number of anilines is 1. The van der Waals surface area contributed by atoms with Gasteiger partial charge in [-0.25, -0.2) is 4.39 Å². The number of nitrogens with zero attached hydrogens (tertiary/aromatic N) is 5. The molecule has 9 nitrogen and oxygen atoms in total. The van der Waals surface area contributed by atoms with Crippen molar-refractivity contribution in [2.45, 2.75) is 26.4 Å². The highest BCUT2D eigenvalue weighted by atomic mass is 35.5. The van der Waals surface area contributed by atoms with Crippen LogP contribution in [0.25, 0.3) is 0 Å². The third-order valence-electron chi connectivity index (χ3n) is 3.98. The maximum Gasteiger partial charge on any atom is 0.309 e. The second kappa shape index (κ2) is 8.17. The number of carbonyl (C=O) groups excluding carboxylic acids is 1. The zero-order chi connectivity index (χ0) is 20.3. The molecule has 0 spiro atoms. The number of halogens is 2. The van der Waals surface area contributed by atoms with E-state index in [0.29, 0.717) is 22.0 Å². The second-order valence-corrected chi connectivity index (χ2v) is 6.45. The van der Waals surface area contributed by atoms with Crippen LogP contribution in [0.15, 0.2) is 36.8 Å². The van der Waals surface area contributed by atoms with Crippen molar-refractivity contribution in [3.63, 3.8) is 0 Å². The minimum atomic E-state index is -0.519. The number of hydrogen-bond acceptors (Lipinski definition) is 5. The molecule has 0 bridgehead atoms. The minimum absolute atomic E-state index is 0.0720. The molecule has 3 aromatic rings. The quantitative estimate of drug-likeness (QED) is 0.479. The molecule has 28 heavy (non-hydrogen) atoms. The van der Waals surface area contributed by atoms with Crippen molar-refractivity contribution >= 4 is 28.9 Å². The summed E-state index contributed by atoms with van der Waals surface area (Å²) in [5, 5.41) is 21.9. The third kappa shape index (κ3) is 4.52. The van der Waals surface area contributed by atoms with E-state index in [2.05, 4.69) is 15.5 Å². The highest BCUT2D eigenvalue weighted by molar-refractivity contribution is 6.31. The molecule has 1 aromatic carbocycles. The van der Waals surface area contributed by atoms with Gasteiger partial charge in [0.05, 0.1) is 23.4 Å². The van der Waals surface area contributed by atoms with Crippen LogP contribution in [0.2, 0.25) is 5.02 Å². The molecule has 0 unspecified atom stereocenters. The van der Waals surface area contributed by atoms with Gasteiger partial charge in [-0.2, -0.15) is 10.2 Å². The lowest BCUT2D eigenvalue weighted by Gasteiger charge is -2.06. The average Bonchev–Trinajstić information content (AvgIpc) is 3.23. The van der Waals surface area contributed by atoms with Gasteiger partial charge in [0, 0.05) is 29.7 Å². The Hall–Kier alpha value is -3.27. The fraction of sp³-hybridized carbons (Fsp3) is 0.235. The Bertz CT molecular complexity index is 1010. The Labute approximate surface area is 163 Å². The number of amides is 1. The van der Waals surface area contributed by atoms with Crippen LogP contribution in [-0.4, -0.2) is 30.4 Å². The summed E-state index contributed by atoms with van der Waals surface area (Å²) < 4.78 is 16.7. The molecule has 0 atom stereocenters. The third-order valence-corrected chi connectivity index (χ3v) is 4.34. The summed E-state index contributed by atoms with van der Waals surface area (Å²) in [4.78, 5) is 22.4. The summed E-state index contributed by atoms with van der Waals surface area (Å²) >= 11 is 6.00. The Kier molecular flexibility index (Phi) is 5.69. The summed E-state index contributed by atoms with van der Waals surface area (Å²) in [6.07, 6.45) is 4.36. The van der Waals surface area contributed by atoms with Gasteiger partial charge in [0.15, 0.2) is 0 Å². The van der Waals surface area contributed by atoms with Gasteiger partial charge in [0.2, 0.25) is 5.91 Å². The summed E-state index contributed by atoms with van der Waals surface area (Å²) in [5.74, 6) is -0.739. The van der Waals surface area contributed by atoms with E-state index >= 15 is 0 Å². The number of aryl methyl sites for hydroxylation is 2. The monoisotopic (exact) mass is 406 g/mol. The van der Waals surface area contributed by atoms with Crippen molar-refractivity contribution in [1.29, 1.82) is 0 Å². The topological polar surface area (TPSA) is 108 Å². The molecule has 0 saturated heterocycles. The van der Waals surface area contributed by atoms with Crippen molar-refractivity contribution < 1.29 is 14.1 Å². The van der Waals surface area contributed by atoms with Crippen LogP contribution < -0.4 is 5.32 Å². The Balaban J connectivity index is 1.57. The molecule has 1 amide bonds. The van der Waals surface area contributed by atoms with Crippen LogP contribution >= 0.6 is 11.6 Å². The van der Waals surface area contributed by atoms with E-state index in [1.165, 1.54) is 40.8 Å². The van der Waals surface area contributed by atoms with E-state index in [9.17, 15) is 19.3 Å². The lowest BCUT2D eigenvalue weighted by atomic mass is 10.2. The van der Waals surface area contributed by atoms with Crippen LogP contribution in [0.4, 0.5) is 15.8 Å². The molecule has 0 aliphatic heterocycles. The molecule has 2 heterocycles. The molecule has 0 radical (unpaired) electrons. The van der Waals surface area contributed by atoms with Gasteiger partial charge in [-0.3, -0.25) is 24.3 Å². The van der Waals surface area contributed by atoms with Crippen molar-refractivity contribution in [3.8, 4) is 0 Å². The van der Waals surface area contributed by atoms with Crippen LogP contribution in [0, 0.1) is 22.9 Å². The van der Waals surface area contributed by atoms with E-state index in [1.54, 1.807) is 12.3 Å². The smallest absolute Gasteiger partial charge is 0.309 e. The van der Waals surface area contributed by atoms with E-state index in [0.717, 1.165) is 0 Å². The van der Waals surface area contributed by atoms with Crippen LogP contribution in [0.3, 0.4) is 0 Å². The number of benzene rings is 1. The molecule has 146 valence electrons. The highest BCUT2D eigenvalue weighted by Gasteiger charge is 2.16. The van der Waals surface area contributed by atoms with Gasteiger partial charge < -0.3 is 5.32 Å². The molecule has 0 aliphatic rings. The first-order valence-electron chi connectivity index (χ1n) is 8.27. The standard InChI is InChI=1S/C17H16ClFN6O3/c1-11-16(25(27)28)10-23(22-11)6-5-17(26)21-12-7-20-24(8-12)9-13-14(18)3-2-4-15(13)19/h2-4,7-8,10H,5-6,9H2,1H3,(H,21,26). The number of aromatic nitrogens is 4. The fourth-order valence-corrected chi connectivity index (χ4v) is 2.82. The minimum Gasteiger partial charge on any atom is -0.323 e. The van der Waals surface area contributed by atoms with E-state index in [-0.39, 0.29) is 31.1 Å². The van der Waals surface area contributed by atoms with Gasteiger partial charge >= 0.3 is 5.69 Å². The van der Waals surface area contributed by atoms with Gasteiger partial charge in [-0.05, 0) is 19.1 Å². The Morgan fingerprint density at radius 1 is 1.36 bits per heavy atom. The van der Waals surface area contributed by atoms with Crippen molar-refractivity contribution in [2.24, 2.45) is 0 Å². The summed E-state index contributed by atoms with van der Waals surface area (Å²) in [7, 11) is 0. The molecule has 3 rings (SSSR count). The molecular weight excluding hydrogens is 391 g/mol. The zero-order valence-electron chi connectivity index (χ0n) is 14.8. The first-order valence-corrected chi connectivity index (χ1v) is 8.65. The normalized spacial score (nSPS) is 10.8. The van der Waals surface area contributed by atoms with Gasteiger partial charge in [0.25, 0.3) is 0 Å². The lowest BCUT2D eigenvalue weighted by Crippen LogP contribution is -2.14. The van der Waals surface area contributed by atoms with E-state index < -0.39 is 10.7 Å². The highest BCUT2D eigenvalue weighted by Crippen LogP contribution is 2.20. The first-order chi connectivity index (χ1) is 13.3. The molecule has 2 aromatic heterocycles. The summed E-state index contributed by atoms with van der Waals surface area (Å²) in [5.41, 5.74) is 0.952.